The number of rotatable bonds is 4. The van der Waals surface area contributed by atoms with Crippen LogP contribution in [0.1, 0.15) is 10.4 Å². The molecule has 0 fully saturated rings. The van der Waals surface area contributed by atoms with E-state index in [4.69, 9.17) is 0 Å². The maximum atomic E-state index is 12.0. The molecule has 0 saturated carbocycles. The van der Waals surface area contributed by atoms with Crippen molar-refractivity contribution >= 4 is 22.8 Å². The number of fused-ring (bicyclic) bond motifs is 1. The van der Waals surface area contributed by atoms with Crippen LogP contribution in [0.5, 0.6) is 0 Å². The largest absolute Gasteiger partial charge is 0.360 e. The number of nitrogens with zero attached hydrogens (tertiary/aromatic N) is 1. The van der Waals surface area contributed by atoms with Gasteiger partial charge in [-0.15, -0.1) is 0 Å². The first-order valence-corrected chi connectivity index (χ1v) is 6.39. The number of carbonyl (C=O) groups excluding carboxylic acids is 2. The lowest BCUT2D eigenvalue weighted by molar-refractivity contribution is 0.0955. The van der Waals surface area contributed by atoms with Crippen LogP contribution in [-0.4, -0.2) is 49.0 Å². The third-order valence-corrected chi connectivity index (χ3v) is 2.93. The molecule has 1 heterocycles. The number of amides is 3. The van der Waals surface area contributed by atoms with Crippen molar-refractivity contribution in [2.24, 2.45) is 0 Å². The average Bonchev–Trinajstić information content (AvgIpc) is 2.87. The van der Waals surface area contributed by atoms with Crippen molar-refractivity contribution in [2.45, 2.75) is 0 Å². The lowest BCUT2D eigenvalue weighted by Gasteiger charge is -2.12. The van der Waals surface area contributed by atoms with Gasteiger partial charge >= 0.3 is 6.03 Å². The van der Waals surface area contributed by atoms with Gasteiger partial charge in [-0.25, -0.2) is 4.79 Å². The van der Waals surface area contributed by atoms with Gasteiger partial charge in [0.2, 0.25) is 0 Å². The van der Waals surface area contributed by atoms with E-state index in [0.29, 0.717) is 18.7 Å². The van der Waals surface area contributed by atoms with Crippen molar-refractivity contribution in [1.29, 1.82) is 0 Å². The molecule has 0 bridgehead atoms. The fraction of sp³-hybridized carbons (Fsp3) is 0.286. The molecule has 6 heteroatoms. The summed E-state index contributed by atoms with van der Waals surface area (Å²) in [7, 11) is 3.33. The van der Waals surface area contributed by atoms with Gasteiger partial charge in [-0.2, -0.15) is 0 Å². The predicted molar refractivity (Wildman–Crippen MR) is 77.7 cm³/mol. The highest BCUT2D eigenvalue weighted by molar-refractivity contribution is 6.06. The molecule has 2 aromatic rings. The number of aromatic nitrogens is 1. The molecule has 0 aliphatic heterocycles. The minimum Gasteiger partial charge on any atom is -0.360 e. The Balaban J connectivity index is 1.88. The van der Waals surface area contributed by atoms with Crippen LogP contribution in [0.3, 0.4) is 0 Å². The van der Waals surface area contributed by atoms with Crippen molar-refractivity contribution in [1.82, 2.24) is 20.5 Å². The quantitative estimate of drug-likeness (QED) is 0.732. The first-order chi connectivity index (χ1) is 9.59. The molecule has 0 radical (unpaired) electrons. The van der Waals surface area contributed by atoms with Crippen molar-refractivity contribution < 1.29 is 9.59 Å². The van der Waals surface area contributed by atoms with Gasteiger partial charge in [0, 0.05) is 44.3 Å². The molecule has 106 valence electrons. The molecule has 0 aliphatic rings. The summed E-state index contributed by atoms with van der Waals surface area (Å²) in [5, 5.41) is 6.35. The minimum absolute atomic E-state index is 0.151. The second kappa shape index (κ2) is 6.10. The molecule has 0 atom stereocenters. The van der Waals surface area contributed by atoms with Crippen molar-refractivity contribution in [3.05, 3.63) is 36.0 Å². The number of nitrogens with one attached hydrogen (secondary N) is 3. The lowest BCUT2D eigenvalue weighted by Crippen LogP contribution is -2.39. The Bertz CT molecular complexity index is 618. The number of aromatic amines is 1. The monoisotopic (exact) mass is 274 g/mol. The van der Waals surface area contributed by atoms with Gasteiger partial charge in [0.05, 0.1) is 5.56 Å². The SMILES string of the molecule is CN(C)C(=O)NCCNC(=O)c1c[nH]c2ccccc12. The third kappa shape index (κ3) is 3.09. The Kier molecular flexibility index (Phi) is 4.24. The second-order valence-electron chi connectivity index (χ2n) is 4.63. The molecule has 0 spiro atoms. The summed E-state index contributed by atoms with van der Waals surface area (Å²) in [6, 6.07) is 7.45. The zero-order valence-corrected chi connectivity index (χ0v) is 11.6. The van der Waals surface area contributed by atoms with E-state index in [9.17, 15) is 9.59 Å². The molecule has 1 aromatic carbocycles. The standard InChI is InChI=1S/C14H18N4O2/c1-18(2)14(20)16-8-7-15-13(19)11-9-17-12-6-4-3-5-10(11)12/h3-6,9,17H,7-8H2,1-2H3,(H,15,19)(H,16,20). The first kappa shape index (κ1) is 13.9. The number of urea groups is 1. The molecular formula is C14H18N4O2. The molecule has 0 aliphatic carbocycles. The zero-order valence-electron chi connectivity index (χ0n) is 11.6. The highest BCUT2D eigenvalue weighted by atomic mass is 16.2. The number of benzene rings is 1. The summed E-state index contributed by atoms with van der Waals surface area (Å²) in [5.74, 6) is -0.151. The third-order valence-electron chi connectivity index (χ3n) is 2.93. The van der Waals surface area contributed by atoms with Crippen molar-refractivity contribution in [2.75, 3.05) is 27.2 Å². The zero-order chi connectivity index (χ0) is 14.5. The van der Waals surface area contributed by atoms with Crippen LogP contribution in [-0.2, 0) is 0 Å². The molecule has 0 saturated heterocycles. The Morgan fingerprint density at radius 1 is 1.15 bits per heavy atom. The maximum absolute atomic E-state index is 12.0. The topological polar surface area (TPSA) is 77.2 Å². The molecule has 3 N–H and O–H groups in total. The molecular weight excluding hydrogens is 256 g/mol. The van der Waals surface area contributed by atoms with E-state index >= 15 is 0 Å². The predicted octanol–water partition coefficient (Wildman–Crippen LogP) is 1.17. The normalized spacial score (nSPS) is 10.3. The van der Waals surface area contributed by atoms with E-state index < -0.39 is 0 Å². The van der Waals surface area contributed by atoms with E-state index in [2.05, 4.69) is 15.6 Å². The second-order valence-corrected chi connectivity index (χ2v) is 4.63. The van der Waals surface area contributed by atoms with Gasteiger partial charge in [0.25, 0.3) is 5.91 Å². The maximum Gasteiger partial charge on any atom is 0.316 e. The smallest absolute Gasteiger partial charge is 0.316 e. The molecule has 2 rings (SSSR count). The highest BCUT2D eigenvalue weighted by Crippen LogP contribution is 2.17. The van der Waals surface area contributed by atoms with Gasteiger partial charge in [0.1, 0.15) is 0 Å². The van der Waals surface area contributed by atoms with Crippen LogP contribution in [0.15, 0.2) is 30.5 Å². The Labute approximate surface area is 117 Å². The number of hydrogen-bond acceptors (Lipinski definition) is 2. The Hall–Kier alpha value is -2.50. The number of hydrogen-bond donors (Lipinski definition) is 3. The summed E-state index contributed by atoms with van der Waals surface area (Å²) < 4.78 is 0. The van der Waals surface area contributed by atoms with E-state index in [0.717, 1.165) is 10.9 Å². The fourth-order valence-corrected chi connectivity index (χ4v) is 1.86. The van der Waals surface area contributed by atoms with Crippen molar-refractivity contribution in [3.8, 4) is 0 Å². The first-order valence-electron chi connectivity index (χ1n) is 6.39. The van der Waals surface area contributed by atoms with Crippen molar-refractivity contribution in [3.63, 3.8) is 0 Å². The number of carbonyl (C=O) groups is 2. The summed E-state index contributed by atoms with van der Waals surface area (Å²) in [5.41, 5.74) is 1.54. The summed E-state index contributed by atoms with van der Waals surface area (Å²) in [4.78, 5) is 27.8. The highest BCUT2D eigenvalue weighted by Gasteiger charge is 2.10. The van der Waals surface area contributed by atoms with Crippen LogP contribution >= 0.6 is 0 Å². The van der Waals surface area contributed by atoms with E-state index in [1.807, 2.05) is 24.3 Å². The van der Waals surface area contributed by atoms with Crippen LogP contribution in [0.4, 0.5) is 4.79 Å². The molecule has 0 unspecified atom stereocenters. The molecule has 1 aromatic heterocycles. The van der Waals surface area contributed by atoms with Crippen LogP contribution in [0.25, 0.3) is 10.9 Å². The van der Waals surface area contributed by atoms with E-state index in [1.165, 1.54) is 4.90 Å². The van der Waals surface area contributed by atoms with Gasteiger partial charge in [-0.3, -0.25) is 4.79 Å². The van der Waals surface area contributed by atoms with Crippen LogP contribution in [0, 0.1) is 0 Å². The summed E-state index contributed by atoms with van der Waals surface area (Å²) in [6.45, 7) is 0.781. The van der Waals surface area contributed by atoms with Crippen LogP contribution in [0.2, 0.25) is 0 Å². The minimum atomic E-state index is -0.175. The van der Waals surface area contributed by atoms with E-state index in [-0.39, 0.29) is 11.9 Å². The molecule has 6 nitrogen and oxygen atoms in total. The van der Waals surface area contributed by atoms with Gasteiger partial charge in [-0.05, 0) is 6.07 Å². The molecule has 3 amide bonds. The number of H-pyrrole nitrogens is 1. The Morgan fingerprint density at radius 2 is 1.85 bits per heavy atom. The lowest BCUT2D eigenvalue weighted by atomic mass is 10.1. The van der Waals surface area contributed by atoms with Gasteiger partial charge < -0.3 is 20.5 Å². The van der Waals surface area contributed by atoms with E-state index in [1.54, 1.807) is 20.3 Å². The van der Waals surface area contributed by atoms with Gasteiger partial charge in [0.15, 0.2) is 0 Å². The number of para-hydroxylation sites is 1. The fourth-order valence-electron chi connectivity index (χ4n) is 1.86. The summed E-state index contributed by atoms with van der Waals surface area (Å²) >= 11 is 0. The summed E-state index contributed by atoms with van der Waals surface area (Å²) in [6.07, 6.45) is 1.69. The van der Waals surface area contributed by atoms with Gasteiger partial charge in [-0.1, -0.05) is 18.2 Å². The Morgan fingerprint density at radius 3 is 2.60 bits per heavy atom. The van der Waals surface area contributed by atoms with Crippen LogP contribution < -0.4 is 10.6 Å². The average molecular weight is 274 g/mol. The molecule has 20 heavy (non-hydrogen) atoms.